The molecule has 4 heteroatoms. The molecule has 0 atom stereocenters. The number of nitrogens with zero attached hydrogens (tertiary/aromatic N) is 1. The maximum atomic E-state index is 11.6. The molecule has 0 saturated heterocycles. The third kappa shape index (κ3) is 5.23. The smallest absolute Gasteiger partial charge is 0.238 e. The number of allylic oxidation sites excluding steroid dienone is 2. The van der Waals surface area contributed by atoms with Gasteiger partial charge in [-0.25, -0.2) is 0 Å². The van der Waals surface area contributed by atoms with Crippen LogP contribution in [-0.4, -0.2) is 24.0 Å². The van der Waals surface area contributed by atoms with E-state index in [4.69, 9.17) is 0 Å². The van der Waals surface area contributed by atoms with Gasteiger partial charge in [-0.2, -0.15) is 0 Å². The lowest BCUT2D eigenvalue weighted by Crippen LogP contribution is -2.29. The zero-order valence-corrected chi connectivity index (χ0v) is 10.2. The summed E-state index contributed by atoms with van der Waals surface area (Å²) < 4.78 is 0. The number of nitrogens with one attached hydrogen (secondary N) is 2. The maximum absolute atomic E-state index is 11.6. The number of carbonyl (C=O) groups excluding carboxylic acids is 1. The Morgan fingerprint density at radius 3 is 2.61 bits per heavy atom. The van der Waals surface area contributed by atoms with Crippen molar-refractivity contribution >= 4 is 11.6 Å². The van der Waals surface area contributed by atoms with Crippen LogP contribution < -0.4 is 10.6 Å². The van der Waals surface area contributed by atoms with Gasteiger partial charge in [0.05, 0.1) is 6.54 Å². The molecule has 0 fully saturated rings. The molecule has 1 amide bonds. The lowest BCUT2D eigenvalue weighted by Gasteiger charge is -2.06. The van der Waals surface area contributed by atoms with Crippen molar-refractivity contribution in [1.82, 2.24) is 10.3 Å². The molecule has 1 aromatic rings. The Balaban J connectivity index is 2.32. The third-order valence-electron chi connectivity index (χ3n) is 2.17. The van der Waals surface area contributed by atoms with Crippen molar-refractivity contribution in [3.05, 3.63) is 61.5 Å². The molecular weight excluding hydrogens is 226 g/mol. The Morgan fingerprint density at radius 1 is 1.28 bits per heavy atom. The summed E-state index contributed by atoms with van der Waals surface area (Å²) >= 11 is 0. The number of pyridine rings is 1. The number of hydrogen-bond donors (Lipinski definition) is 2. The molecule has 4 nitrogen and oxygen atoms in total. The largest absolute Gasteiger partial charge is 0.325 e. The first-order valence-corrected chi connectivity index (χ1v) is 5.61. The van der Waals surface area contributed by atoms with E-state index in [1.54, 1.807) is 36.7 Å². The van der Waals surface area contributed by atoms with Crippen LogP contribution in [0.15, 0.2) is 61.5 Å². The summed E-state index contributed by atoms with van der Waals surface area (Å²) in [4.78, 5) is 15.5. The van der Waals surface area contributed by atoms with Gasteiger partial charge in [0.15, 0.2) is 0 Å². The summed E-state index contributed by atoms with van der Waals surface area (Å²) in [5, 5.41) is 5.79. The lowest BCUT2D eigenvalue weighted by atomic mass is 10.2. The van der Waals surface area contributed by atoms with Crippen LogP contribution in [0.25, 0.3) is 0 Å². The third-order valence-corrected chi connectivity index (χ3v) is 2.17. The molecule has 2 N–H and O–H groups in total. The van der Waals surface area contributed by atoms with E-state index in [1.807, 2.05) is 6.08 Å². The standard InChI is InChI=1S/C14H17N3O/c1-3-5-12(4-2)10-16-11-14(18)17-13-6-8-15-9-7-13/h3-9,16H,1-2,10-11H2,(H,15,17,18)/b12-5+. The van der Waals surface area contributed by atoms with Crippen molar-refractivity contribution in [3.63, 3.8) is 0 Å². The Morgan fingerprint density at radius 2 is 2.00 bits per heavy atom. The van der Waals surface area contributed by atoms with Crippen LogP contribution in [0.4, 0.5) is 5.69 Å². The van der Waals surface area contributed by atoms with E-state index in [0.717, 1.165) is 11.3 Å². The molecule has 0 radical (unpaired) electrons. The molecule has 0 unspecified atom stereocenters. The van der Waals surface area contributed by atoms with E-state index < -0.39 is 0 Å². The fraction of sp³-hybridized carbons (Fsp3) is 0.143. The van der Waals surface area contributed by atoms with E-state index >= 15 is 0 Å². The first-order valence-electron chi connectivity index (χ1n) is 5.61. The van der Waals surface area contributed by atoms with E-state index in [1.165, 1.54) is 0 Å². The molecule has 0 aliphatic carbocycles. The van der Waals surface area contributed by atoms with Gasteiger partial charge >= 0.3 is 0 Å². The molecule has 0 spiro atoms. The quantitative estimate of drug-likeness (QED) is 0.719. The highest BCUT2D eigenvalue weighted by molar-refractivity contribution is 5.92. The molecule has 0 saturated carbocycles. The Labute approximate surface area is 107 Å². The van der Waals surface area contributed by atoms with Gasteiger partial charge in [0.25, 0.3) is 0 Å². The molecular formula is C14H17N3O. The Bertz CT molecular complexity index is 438. The van der Waals surface area contributed by atoms with Gasteiger partial charge in [-0.3, -0.25) is 9.78 Å². The Kier molecular flexibility index (Phi) is 6.14. The fourth-order valence-electron chi connectivity index (χ4n) is 1.31. The normalized spacial score (nSPS) is 10.8. The van der Waals surface area contributed by atoms with Crippen LogP contribution in [0.3, 0.4) is 0 Å². The minimum absolute atomic E-state index is 0.0942. The minimum Gasteiger partial charge on any atom is -0.325 e. The van der Waals surface area contributed by atoms with Crippen LogP contribution in [0, 0.1) is 0 Å². The molecule has 0 bridgehead atoms. The lowest BCUT2D eigenvalue weighted by molar-refractivity contribution is -0.115. The number of carbonyl (C=O) groups is 1. The molecule has 0 aromatic carbocycles. The SMILES string of the molecule is C=C/C=C(\C=C)CNCC(=O)Nc1ccncc1. The first kappa shape index (κ1) is 13.9. The van der Waals surface area contributed by atoms with Crippen molar-refractivity contribution in [2.75, 3.05) is 18.4 Å². The summed E-state index contributed by atoms with van der Waals surface area (Å²) in [6, 6.07) is 3.48. The van der Waals surface area contributed by atoms with Crippen LogP contribution >= 0.6 is 0 Å². The molecule has 1 rings (SSSR count). The van der Waals surface area contributed by atoms with E-state index in [0.29, 0.717) is 6.54 Å². The summed E-state index contributed by atoms with van der Waals surface area (Å²) in [6.45, 7) is 8.12. The highest BCUT2D eigenvalue weighted by Gasteiger charge is 2.01. The number of hydrogen-bond acceptors (Lipinski definition) is 3. The van der Waals surface area contributed by atoms with Gasteiger partial charge in [0.2, 0.25) is 5.91 Å². The predicted molar refractivity (Wildman–Crippen MR) is 74.2 cm³/mol. The van der Waals surface area contributed by atoms with Crippen LogP contribution in [0.2, 0.25) is 0 Å². The monoisotopic (exact) mass is 243 g/mol. The summed E-state index contributed by atoms with van der Waals surface area (Å²) in [5.74, 6) is -0.0942. The van der Waals surface area contributed by atoms with Gasteiger partial charge in [-0.05, 0) is 17.7 Å². The van der Waals surface area contributed by atoms with E-state index in [9.17, 15) is 4.79 Å². The second-order valence-corrected chi connectivity index (χ2v) is 3.57. The second kappa shape index (κ2) is 7.97. The molecule has 94 valence electrons. The second-order valence-electron chi connectivity index (χ2n) is 3.57. The number of rotatable bonds is 7. The van der Waals surface area contributed by atoms with Gasteiger partial charge in [0, 0.05) is 24.6 Å². The summed E-state index contributed by atoms with van der Waals surface area (Å²) in [5.41, 5.74) is 1.73. The molecule has 0 aliphatic rings. The molecule has 1 heterocycles. The number of amides is 1. The molecule has 1 aromatic heterocycles. The van der Waals surface area contributed by atoms with E-state index in [2.05, 4.69) is 28.8 Å². The van der Waals surface area contributed by atoms with Gasteiger partial charge in [-0.15, -0.1) is 0 Å². The predicted octanol–water partition coefficient (Wildman–Crippen LogP) is 1.91. The topological polar surface area (TPSA) is 54.0 Å². The molecule has 18 heavy (non-hydrogen) atoms. The first-order chi connectivity index (χ1) is 8.76. The Hall–Kier alpha value is -2.20. The van der Waals surface area contributed by atoms with Crippen LogP contribution in [0.1, 0.15) is 0 Å². The summed E-state index contributed by atoms with van der Waals surface area (Å²) in [6.07, 6.45) is 8.53. The summed E-state index contributed by atoms with van der Waals surface area (Å²) in [7, 11) is 0. The van der Waals surface area contributed by atoms with Gasteiger partial charge < -0.3 is 10.6 Å². The van der Waals surface area contributed by atoms with Crippen molar-refractivity contribution in [2.45, 2.75) is 0 Å². The highest BCUT2D eigenvalue weighted by atomic mass is 16.1. The number of anilines is 1. The zero-order chi connectivity index (χ0) is 13.2. The highest BCUT2D eigenvalue weighted by Crippen LogP contribution is 2.02. The van der Waals surface area contributed by atoms with Crippen molar-refractivity contribution in [1.29, 1.82) is 0 Å². The molecule has 0 aliphatic heterocycles. The van der Waals surface area contributed by atoms with Crippen molar-refractivity contribution in [3.8, 4) is 0 Å². The van der Waals surface area contributed by atoms with Crippen LogP contribution in [-0.2, 0) is 4.79 Å². The zero-order valence-electron chi connectivity index (χ0n) is 10.2. The van der Waals surface area contributed by atoms with Gasteiger partial charge in [-0.1, -0.05) is 31.4 Å². The average molecular weight is 243 g/mol. The van der Waals surface area contributed by atoms with Crippen molar-refractivity contribution in [2.24, 2.45) is 0 Å². The number of aromatic nitrogens is 1. The average Bonchev–Trinajstić information content (AvgIpc) is 2.39. The van der Waals surface area contributed by atoms with Gasteiger partial charge in [0.1, 0.15) is 0 Å². The van der Waals surface area contributed by atoms with Crippen LogP contribution in [0.5, 0.6) is 0 Å². The van der Waals surface area contributed by atoms with E-state index in [-0.39, 0.29) is 12.5 Å². The van der Waals surface area contributed by atoms with Crippen molar-refractivity contribution < 1.29 is 4.79 Å². The maximum Gasteiger partial charge on any atom is 0.238 e. The fourth-order valence-corrected chi connectivity index (χ4v) is 1.31. The minimum atomic E-state index is -0.0942.